The van der Waals surface area contributed by atoms with Crippen LogP contribution in [0.25, 0.3) is 0 Å². The highest BCUT2D eigenvalue weighted by atomic mass is 16.6. The third kappa shape index (κ3) is 1.95. The molecule has 0 aromatic heterocycles. The Morgan fingerprint density at radius 3 is 2.58 bits per heavy atom. The molecular weight excluding hydrogens is 336 g/mol. The number of rotatable bonds is 3. The molecule has 1 saturated heterocycles. The first-order chi connectivity index (χ1) is 12.4. The average Bonchev–Trinajstić information content (AvgIpc) is 3.14. The Kier molecular flexibility index (Phi) is 2.94. The van der Waals surface area contributed by atoms with E-state index in [2.05, 4.69) is 0 Å². The monoisotopic (exact) mass is 362 g/mol. The van der Waals surface area contributed by atoms with E-state index in [-0.39, 0.29) is 29.2 Å². The van der Waals surface area contributed by atoms with Gasteiger partial charge in [0.1, 0.15) is 6.10 Å². The molecule has 0 radical (unpaired) electrons. The smallest absolute Gasteiger partial charge is 0.310 e. The van der Waals surface area contributed by atoms with Crippen LogP contribution in [0, 0.1) is 40.9 Å². The van der Waals surface area contributed by atoms with E-state index in [1.807, 2.05) is 0 Å². The summed E-state index contributed by atoms with van der Waals surface area (Å²) in [4.78, 5) is 25.0. The number of aliphatic hydroxyl groups excluding tert-OH is 1. The van der Waals surface area contributed by atoms with Crippen molar-refractivity contribution >= 4 is 11.9 Å². The first-order valence-electron chi connectivity index (χ1n) is 10.1. The van der Waals surface area contributed by atoms with Gasteiger partial charge in [-0.15, -0.1) is 0 Å². The van der Waals surface area contributed by atoms with E-state index in [9.17, 15) is 19.8 Å². The van der Waals surface area contributed by atoms with Crippen LogP contribution in [0.2, 0.25) is 0 Å². The Hall–Kier alpha value is -1.14. The van der Waals surface area contributed by atoms with Crippen molar-refractivity contribution in [1.29, 1.82) is 0 Å². The number of fused-ring (bicyclic) bond motifs is 1. The summed E-state index contributed by atoms with van der Waals surface area (Å²) < 4.78 is 11.1. The van der Waals surface area contributed by atoms with Crippen molar-refractivity contribution in [2.75, 3.05) is 6.61 Å². The van der Waals surface area contributed by atoms with Crippen molar-refractivity contribution < 1.29 is 29.3 Å². The largest absolute Gasteiger partial charge is 0.465 e. The molecule has 1 aliphatic heterocycles. The maximum Gasteiger partial charge on any atom is 0.310 e. The van der Waals surface area contributed by atoms with Crippen molar-refractivity contribution in [3.63, 3.8) is 0 Å². The van der Waals surface area contributed by atoms with Gasteiger partial charge < -0.3 is 19.7 Å². The van der Waals surface area contributed by atoms with Gasteiger partial charge in [0, 0.05) is 17.3 Å². The number of carbonyl (C=O) groups excluding carboxylic acids is 2. The minimum Gasteiger partial charge on any atom is -0.465 e. The molecule has 0 amide bonds. The van der Waals surface area contributed by atoms with Crippen molar-refractivity contribution in [3.05, 3.63) is 0 Å². The first-order valence-corrected chi connectivity index (χ1v) is 10.1. The van der Waals surface area contributed by atoms with Gasteiger partial charge in [-0.25, -0.2) is 0 Å². The van der Waals surface area contributed by atoms with Crippen LogP contribution in [0.3, 0.4) is 0 Å². The topological polar surface area (TPSA) is 93.1 Å². The molecule has 6 nitrogen and oxygen atoms in total. The molecule has 6 heteroatoms. The Labute approximate surface area is 152 Å². The van der Waals surface area contributed by atoms with Crippen LogP contribution in [-0.4, -0.2) is 46.6 Å². The van der Waals surface area contributed by atoms with E-state index in [1.165, 1.54) is 6.42 Å². The number of hydrogen-bond acceptors (Lipinski definition) is 6. The van der Waals surface area contributed by atoms with Gasteiger partial charge in [0.15, 0.2) is 0 Å². The van der Waals surface area contributed by atoms with Crippen LogP contribution in [0.4, 0.5) is 0 Å². The fourth-order valence-electron chi connectivity index (χ4n) is 8.23. The lowest BCUT2D eigenvalue weighted by atomic mass is 9.48. The minimum atomic E-state index is -0.736. The highest BCUT2D eigenvalue weighted by Gasteiger charge is 2.69. The summed E-state index contributed by atoms with van der Waals surface area (Å²) in [5.74, 6) is -0.814. The zero-order chi connectivity index (χ0) is 17.8. The second kappa shape index (κ2) is 4.82. The van der Waals surface area contributed by atoms with Gasteiger partial charge in [-0.3, -0.25) is 9.59 Å². The van der Waals surface area contributed by atoms with E-state index in [1.54, 1.807) is 0 Å². The number of hydrogen-bond donors (Lipinski definition) is 2. The molecule has 0 spiro atoms. The SMILES string of the molecule is O=C(OCC12CC3CC(CC(O)(C3)C1)C2)C1C2CC3C(OC(=O)C31)C2O. The predicted octanol–water partition coefficient (Wildman–Crippen LogP) is 1.03. The Balaban J connectivity index is 1.19. The number of ether oxygens (including phenoxy) is 2. The molecular formula is C20H26O6. The van der Waals surface area contributed by atoms with Crippen LogP contribution in [0.1, 0.15) is 44.9 Å². The molecule has 7 rings (SSSR count). The van der Waals surface area contributed by atoms with Crippen molar-refractivity contribution in [1.82, 2.24) is 0 Å². The minimum absolute atomic E-state index is 0.0275. The van der Waals surface area contributed by atoms with E-state index < -0.39 is 29.6 Å². The van der Waals surface area contributed by atoms with Crippen molar-refractivity contribution in [2.24, 2.45) is 40.9 Å². The van der Waals surface area contributed by atoms with Gasteiger partial charge in [0.05, 0.1) is 30.1 Å². The molecule has 8 unspecified atom stereocenters. The molecule has 1 heterocycles. The molecule has 7 aliphatic rings. The normalized spacial score (nSPS) is 58.3. The summed E-state index contributed by atoms with van der Waals surface area (Å²) in [5, 5.41) is 21.2. The lowest BCUT2D eigenvalue weighted by molar-refractivity contribution is -0.190. The van der Waals surface area contributed by atoms with E-state index in [0.717, 1.165) is 32.1 Å². The van der Waals surface area contributed by atoms with Crippen LogP contribution < -0.4 is 0 Å². The number of carbonyl (C=O) groups is 2. The third-order valence-electron chi connectivity index (χ3n) is 8.52. The molecule has 142 valence electrons. The second-order valence-electron chi connectivity index (χ2n) is 10.3. The highest BCUT2D eigenvalue weighted by Crippen LogP contribution is 2.62. The number of esters is 2. The fraction of sp³-hybridized carbons (Fsp3) is 0.900. The summed E-state index contributed by atoms with van der Waals surface area (Å²) >= 11 is 0. The van der Waals surface area contributed by atoms with Crippen LogP contribution in [0.15, 0.2) is 0 Å². The molecule has 26 heavy (non-hydrogen) atoms. The zero-order valence-corrected chi connectivity index (χ0v) is 14.8. The van der Waals surface area contributed by atoms with Crippen LogP contribution in [0.5, 0.6) is 0 Å². The standard InChI is InChI=1S/C20H26O6/c21-15-11-2-12-14(18(23)26-16(12)15)13(11)17(22)25-8-19-3-9-1-10(4-19)6-20(24,5-9)7-19/h9-16,21,24H,1-8H2. The quantitative estimate of drug-likeness (QED) is 0.729. The summed E-state index contributed by atoms with van der Waals surface area (Å²) in [6, 6.07) is 0. The Morgan fingerprint density at radius 1 is 1.15 bits per heavy atom. The second-order valence-corrected chi connectivity index (χ2v) is 10.3. The number of aliphatic hydroxyl groups is 2. The molecule has 0 aromatic carbocycles. The lowest BCUT2D eigenvalue weighted by Crippen LogP contribution is -2.57. The average molecular weight is 362 g/mol. The molecule has 6 bridgehead atoms. The molecule has 2 N–H and O–H groups in total. The van der Waals surface area contributed by atoms with Gasteiger partial charge >= 0.3 is 11.9 Å². The van der Waals surface area contributed by atoms with Gasteiger partial charge in [-0.05, 0) is 56.8 Å². The summed E-state index contributed by atoms with van der Waals surface area (Å²) in [6.45, 7) is 0.344. The fourth-order valence-corrected chi connectivity index (χ4v) is 8.23. The van der Waals surface area contributed by atoms with Crippen molar-refractivity contribution in [3.8, 4) is 0 Å². The highest BCUT2D eigenvalue weighted by molar-refractivity contribution is 5.86. The van der Waals surface area contributed by atoms with E-state index >= 15 is 0 Å². The van der Waals surface area contributed by atoms with Gasteiger partial charge in [-0.2, -0.15) is 0 Å². The first kappa shape index (κ1) is 15.9. The van der Waals surface area contributed by atoms with Crippen molar-refractivity contribution in [2.45, 2.75) is 62.8 Å². The van der Waals surface area contributed by atoms with Crippen LogP contribution >= 0.6 is 0 Å². The summed E-state index contributed by atoms with van der Waals surface area (Å²) in [5.41, 5.74) is -0.662. The molecule has 6 saturated carbocycles. The molecule has 6 aliphatic carbocycles. The lowest BCUT2D eigenvalue weighted by Gasteiger charge is -2.59. The molecule has 0 aromatic rings. The van der Waals surface area contributed by atoms with Gasteiger partial charge in [-0.1, -0.05) is 0 Å². The van der Waals surface area contributed by atoms with Crippen LogP contribution in [-0.2, 0) is 19.1 Å². The van der Waals surface area contributed by atoms with Gasteiger partial charge in [0.2, 0.25) is 0 Å². The van der Waals surface area contributed by atoms with E-state index in [0.29, 0.717) is 24.9 Å². The van der Waals surface area contributed by atoms with Gasteiger partial charge in [0.25, 0.3) is 0 Å². The molecule has 7 fully saturated rings. The maximum absolute atomic E-state index is 12.9. The Morgan fingerprint density at radius 2 is 1.88 bits per heavy atom. The summed E-state index contributed by atoms with van der Waals surface area (Å²) in [7, 11) is 0. The Bertz CT molecular complexity index is 674. The maximum atomic E-state index is 12.9. The summed E-state index contributed by atoms with van der Waals surface area (Å²) in [6.07, 6.45) is 5.31. The van der Waals surface area contributed by atoms with E-state index in [4.69, 9.17) is 9.47 Å². The third-order valence-corrected chi connectivity index (χ3v) is 8.52. The molecule has 8 atom stereocenters. The zero-order valence-electron chi connectivity index (χ0n) is 14.8. The predicted molar refractivity (Wildman–Crippen MR) is 87.5 cm³/mol.